The summed E-state index contributed by atoms with van der Waals surface area (Å²) < 4.78 is 2.02. The number of rotatable bonds is 3. The van der Waals surface area contributed by atoms with Crippen molar-refractivity contribution in [2.45, 2.75) is 19.9 Å². The van der Waals surface area contributed by atoms with E-state index in [9.17, 15) is 4.79 Å². The average molecular weight is 314 g/mol. The summed E-state index contributed by atoms with van der Waals surface area (Å²) in [5, 5.41) is 8.33. The van der Waals surface area contributed by atoms with Crippen LogP contribution in [0.15, 0.2) is 24.5 Å². The SMILES string of the molecule is Cc1nnc(CN2CCCN(C(=O)c3ccncc3)CC2)n1C. The fraction of sp³-hybridized carbons (Fsp3) is 0.500. The molecular formula is C16H22N6O. The largest absolute Gasteiger partial charge is 0.337 e. The van der Waals surface area contributed by atoms with Crippen molar-refractivity contribution in [3.05, 3.63) is 41.7 Å². The monoisotopic (exact) mass is 314 g/mol. The second-order valence-electron chi connectivity index (χ2n) is 5.88. The predicted molar refractivity (Wildman–Crippen MR) is 85.8 cm³/mol. The molecule has 0 bridgehead atoms. The molecule has 0 atom stereocenters. The van der Waals surface area contributed by atoms with Crippen molar-refractivity contribution < 1.29 is 4.79 Å². The molecule has 1 aliphatic rings. The molecule has 1 aliphatic heterocycles. The summed E-state index contributed by atoms with van der Waals surface area (Å²) in [6.07, 6.45) is 4.29. The smallest absolute Gasteiger partial charge is 0.254 e. The van der Waals surface area contributed by atoms with Crippen molar-refractivity contribution in [1.29, 1.82) is 0 Å². The van der Waals surface area contributed by atoms with E-state index in [1.54, 1.807) is 24.5 Å². The lowest BCUT2D eigenvalue weighted by Crippen LogP contribution is -2.35. The number of nitrogens with zero attached hydrogens (tertiary/aromatic N) is 6. The molecule has 7 heteroatoms. The molecule has 23 heavy (non-hydrogen) atoms. The number of aryl methyl sites for hydroxylation is 1. The van der Waals surface area contributed by atoms with Crippen LogP contribution in [-0.4, -0.2) is 61.6 Å². The second kappa shape index (κ2) is 6.87. The molecule has 2 aromatic rings. The molecule has 0 unspecified atom stereocenters. The van der Waals surface area contributed by atoms with Gasteiger partial charge in [-0.05, 0) is 25.5 Å². The molecule has 0 spiro atoms. The quantitative estimate of drug-likeness (QED) is 0.841. The lowest BCUT2D eigenvalue weighted by Gasteiger charge is -2.21. The molecule has 0 N–H and O–H groups in total. The van der Waals surface area contributed by atoms with Crippen LogP contribution in [0.1, 0.15) is 28.4 Å². The van der Waals surface area contributed by atoms with E-state index in [0.717, 1.165) is 50.8 Å². The highest BCUT2D eigenvalue weighted by Crippen LogP contribution is 2.11. The third-order valence-corrected chi connectivity index (χ3v) is 4.35. The van der Waals surface area contributed by atoms with E-state index in [1.165, 1.54) is 0 Å². The molecule has 1 saturated heterocycles. The number of pyridine rings is 1. The van der Waals surface area contributed by atoms with Crippen LogP contribution in [0.4, 0.5) is 0 Å². The fourth-order valence-corrected chi connectivity index (χ4v) is 2.80. The Morgan fingerprint density at radius 2 is 1.91 bits per heavy atom. The molecule has 122 valence electrons. The number of hydrogen-bond donors (Lipinski definition) is 0. The predicted octanol–water partition coefficient (Wildman–Crippen LogP) is 0.867. The molecule has 7 nitrogen and oxygen atoms in total. The topological polar surface area (TPSA) is 67.2 Å². The third kappa shape index (κ3) is 3.56. The van der Waals surface area contributed by atoms with Crippen LogP contribution in [0, 0.1) is 6.92 Å². The number of amides is 1. The lowest BCUT2D eigenvalue weighted by molar-refractivity contribution is 0.0761. The minimum atomic E-state index is 0.0868. The van der Waals surface area contributed by atoms with Crippen LogP contribution in [0.5, 0.6) is 0 Å². The van der Waals surface area contributed by atoms with Gasteiger partial charge in [0, 0.05) is 51.2 Å². The fourth-order valence-electron chi connectivity index (χ4n) is 2.80. The van der Waals surface area contributed by atoms with Crippen LogP contribution in [0.2, 0.25) is 0 Å². The van der Waals surface area contributed by atoms with Crippen molar-refractivity contribution >= 4 is 5.91 Å². The van der Waals surface area contributed by atoms with Gasteiger partial charge in [-0.2, -0.15) is 0 Å². The Morgan fingerprint density at radius 1 is 1.13 bits per heavy atom. The first-order chi connectivity index (χ1) is 11.1. The van der Waals surface area contributed by atoms with E-state index in [4.69, 9.17) is 0 Å². The molecule has 0 radical (unpaired) electrons. The van der Waals surface area contributed by atoms with Gasteiger partial charge in [-0.1, -0.05) is 0 Å². The van der Waals surface area contributed by atoms with Gasteiger partial charge in [0.25, 0.3) is 5.91 Å². The van der Waals surface area contributed by atoms with Crippen molar-refractivity contribution in [3.8, 4) is 0 Å². The standard InChI is InChI=1S/C16H22N6O/c1-13-18-19-15(20(13)2)12-21-8-3-9-22(11-10-21)16(23)14-4-6-17-7-5-14/h4-7H,3,8-12H2,1-2H3. The second-order valence-corrected chi connectivity index (χ2v) is 5.88. The number of hydrogen-bond acceptors (Lipinski definition) is 5. The van der Waals surface area contributed by atoms with Crippen molar-refractivity contribution in [2.24, 2.45) is 7.05 Å². The van der Waals surface area contributed by atoms with E-state index in [0.29, 0.717) is 5.56 Å². The number of aromatic nitrogens is 4. The lowest BCUT2D eigenvalue weighted by atomic mass is 10.2. The van der Waals surface area contributed by atoms with Crippen LogP contribution < -0.4 is 0 Å². The van der Waals surface area contributed by atoms with E-state index < -0.39 is 0 Å². The molecule has 1 fully saturated rings. The van der Waals surface area contributed by atoms with Gasteiger partial charge in [-0.3, -0.25) is 14.7 Å². The summed E-state index contributed by atoms with van der Waals surface area (Å²) in [5.74, 6) is 1.98. The summed E-state index contributed by atoms with van der Waals surface area (Å²) in [4.78, 5) is 20.8. The van der Waals surface area contributed by atoms with Crippen molar-refractivity contribution in [2.75, 3.05) is 26.2 Å². The maximum atomic E-state index is 12.5. The molecule has 2 aromatic heterocycles. The molecule has 0 saturated carbocycles. The first-order valence-electron chi connectivity index (χ1n) is 7.91. The highest BCUT2D eigenvalue weighted by molar-refractivity contribution is 5.94. The minimum Gasteiger partial charge on any atom is -0.337 e. The maximum Gasteiger partial charge on any atom is 0.254 e. The van der Waals surface area contributed by atoms with Crippen molar-refractivity contribution in [1.82, 2.24) is 29.5 Å². The zero-order chi connectivity index (χ0) is 16.2. The highest BCUT2D eigenvalue weighted by atomic mass is 16.2. The molecule has 0 aromatic carbocycles. The van der Waals surface area contributed by atoms with E-state index in [1.807, 2.05) is 23.4 Å². The summed E-state index contributed by atoms with van der Waals surface area (Å²) in [6.45, 7) is 6.06. The van der Waals surface area contributed by atoms with E-state index >= 15 is 0 Å². The Labute approximate surface area is 135 Å². The van der Waals surface area contributed by atoms with Gasteiger partial charge in [-0.15, -0.1) is 10.2 Å². The zero-order valence-corrected chi connectivity index (χ0v) is 13.6. The zero-order valence-electron chi connectivity index (χ0n) is 13.6. The first-order valence-corrected chi connectivity index (χ1v) is 7.91. The van der Waals surface area contributed by atoms with Crippen LogP contribution in [0.25, 0.3) is 0 Å². The summed E-state index contributed by atoms with van der Waals surface area (Å²) >= 11 is 0. The number of carbonyl (C=O) groups is 1. The Bertz CT molecular complexity index is 668. The maximum absolute atomic E-state index is 12.5. The van der Waals surface area contributed by atoms with Gasteiger partial charge in [-0.25, -0.2) is 0 Å². The van der Waals surface area contributed by atoms with Gasteiger partial charge >= 0.3 is 0 Å². The van der Waals surface area contributed by atoms with Crippen LogP contribution in [-0.2, 0) is 13.6 Å². The average Bonchev–Trinajstić information content (AvgIpc) is 2.79. The highest BCUT2D eigenvalue weighted by Gasteiger charge is 2.21. The molecule has 3 heterocycles. The molecule has 3 rings (SSSR count). The van der Waals surface area contributed by atoms with Gasteiger partial charge in [0.15, 0.2) is 0 Å². The Morgan fingerprint density at radius 3 is 2.61 bits per heavy atom. The van der Waals surface area contributed by atoms with Crippen LogP contribution in [0.3, 0.4) is 0 Å². The molecular weight excluding hydrogens is 292 g/mol. The Kier molecular flexibility index (Phi) is 4.66. The van der Waals surface area contributed by atoms with Gasteiger partial charge < -0.3 is 9.47 Å². The summed E-state index contributed by atoms with van der Waals surface area (Å²) in [7, 11) is 1.99. The summed E-state index contributed by atoms with van der Waals surface area (Å²) in [6, 6.07) is 3.54. The number of carbonyl (C=O) groups excluding carboxylic acids is 1. The van der Waals surface area contributed by atoms with Crippen molar-refractivity contribution in [3.63, 3.8) is 0 Å². The molecule has 1 amide bonds. The Hall–Kier alpha value is -2.28. The first kappa shape index (κ1) is 15.6. The van der Waals surface area contributed by atoms with Crippen LogP contribution >= 0.6 is 0 Å². The molecule has 0 aliphatic carbocycles. The van der Waals surface area contributed by atoms with E-state index in [2.05, 4.69) is 20.1 Å². The minimum absolute atomic E-state index is 0.0868. The van der Waals surface area contributed by atoms with Gasteiger partial charge in [0.2, 0.25) is 0 Å². The van der Waals surface area contributed by atoms with Gasteiger partial charge in [0.05, 0.1) is 6.54 Å². The summed E-state index contributed by atoms with van der Waals surface area (Å²) in [5.41, 5.74) is 0.706. The van der Waals surface area contributed by atoms with Gasteiger partial charge in [0.1, 0.15) is 11.6 Å². The third-order valence-electron chi connectivity index (χ3n) is 4.35. The normalized spacial score (nSPS) is 16.3. The Balaban J connectivity index is 1.61. The van der Waals surface area contributed by atoms with E-state index in [-0.39, 0.29) is 5.91 Å².